The van der Waals surface area contributed by atoms with Crippen molar-refractivity contribution in [3.05, 3.63) is 28.8 Å². The first kappa shape index (κ1) is 16.8. The zero-order valence-electron chi connectivity index (χ0n) is 10.6. The van der Waals surface area contributed by atoms with Crippen molar-refractivity contribution in [2.24, 2.45) is 5.73 Å². The SMILES string of the molecule is COC(=O)CCNS(=O)(=O)c1cc(C(N)=S)ccc1Cl. The van der Waals surface area contributed by atoms with Gasteiger partial charge in [-0.15, -0.1) is 0 Å². The summed E-state index contributed by atoms with van der Waals surface area (Å²) in [5.74, 6) is -0.518. The molecule has 0 bridgehead atoms. The monoisotopic (exact) mass is 336 g/mol. The van der Waals surface area contributed by atoms with E-state index < -0.39 is 16.0 Å². The number of hydrogen-bond acceptors (Lipinski definition) is 5. The lowest BCUT2D eigenvalue weighted by Gasteiger charge is -2.09. The summed E-state index contributed by atoms with van der Waals surface area (Å²) in [6.07, 6.45) is -0.0810. The van der Waals surface area contributed by atoms with E-state index >= 15 is 0 Å². The van der Waals surface area contributed by atoms with Crippen LogP contribution in [-0.2, 0) is 19.6 Å². The van der Waals surface area contributed by atoms with Crippen LogP contribution in [0.15, 0.2) is 23.1 Å². The molecular formula is C11H13ClN2O4S2. The van der Waals surface area contributed by atoms with Crippen LogP contribution in [0.25, 0.3) is 0 Å². The van der Waals surface area contributed by atoms with E-state index in [0.717, 1.165) is 0 Å². The lowest BCUT2D eigenvalue weighted by atomic mass is 10.2. The number of esters is 1. The first-order valence-electron chi connectivity index (χ1n) is 5.44. The van der Waals surface area contributed by atoms with Gasteiger partial charge in [-0.2, -0.15) is 0 Å². The van der Waals surface area contributed by atoms with E-state index in [2.05, 4.69) is 9.46 Å². The third-order valence-electron chi connectivity index (χ3n) is 2.35. The summed E-state index contributed by atoms with van der Waals surface area (Å²) in [5, 5.41) is 0.0376. The molecule has 0 saturated heterocycles. The molecule has 3 N–H and O–H groups in total. The van der Waals surface area contributed by atoms with Crippen molar-refractivity contribution in [3.8, 4) is 0 Å². The molecule has 0 saturated carbocycles. The van der Waals surface area contributed by atoms with Gasteiger partial charge in [-0.1, -0.05) is 29.9 Å². The summed E-state index contributed by atoms with van der Waals surface area (Å²) < 4.78 is 30.8. The largest absolute Gasteiger partial charge is 0.469 e. The van der Waals surface area contributed by atoms with Crippen molar-refractivity contribution in [3.63, 3.8) is 0 Å². The smallest absolute Gasteiger partial charge is 0.306 e. The molecule has 0 aliphatic heterocycles. The second-order valence-corrected chi connectivity index (χ2v) is 6.32. The Balaban J connectivity index is 2.94. The van der Waals surface area contributed by atoms with Crippen LogP contribution in [-0.4, -0.2) is 33.0 Å². The molecule has 0 fully saturated rings. The Hall–Kier alpha value is -1.22. The minimum absolute atomic E-state index is 0.0376. The first-order chi connectivity index (χ1) is 9.27. The van der Waals surface area contributed by atoms with Gasteiger partial charge in [-0.05, 0) is 12.1 Å². The molecule has 0 aromatic heterocycles. The topological polar surface area (TPSA) is 98.5 Å². The molecule has 0 amide bonds. The highest BCUT2D eigenvalue weighted by atomic mass is 35.5. The van der Waals surface area contributed by atoms with Crippen LogP contribution in [0.2, 0.25) is 5.02 Å². The number of thiocarbonyl (C=S) groups is 1. The molecule has 0 aliphatic carbocycles. The van der Waals surface area contributed by atoms with Gasteiger partial charge in [0.15, 0.2) is 0 Å². The molecule has 0 spiro atoms. The van der Waals surface area contributed by atoms with Crippen molar-refractivity contribution >= 4 is 44.8 Å². The summed E-state index contributed by atoms with van der Waals surface area (Å²) >= 11 is 10.6. The fourth-order valence-corrected chi connectivity index (χ4v) is 3.01. The lowest BCUT2D eigenvalue weighted by Crippen LogP contribution is -2.27. The fraction of sp³-hybridized carbons (Fsp3) is 0.273. The van der Waals surface area contributed by atoms with Gasteiger partial charge in [0.1, 0.15) is 9.88 Å². The number of carbonyl (C=O) groups is 1. The summed E-state index contributed by atoms with van der Waals surface area (Å²) in [7, 11) is -2.63. The number of benzene rings is 1. The van der Waals surface area contributed by atoms with E-state index in [4.69, 9.17) is 29.6 Å². The number of halogens is 1. The van der Waals surface area contributed by atoms with Gasteiger partial charge < -0.3 is 10.5 Å². The number of ether oxygens (including phenoxy) is 1. The molecule has 1 aromatic rings. The van der Waals surface area contributed by atoms with Gasteiger partial charge in [0.2, 0.25) is 10.0 Å². The number of sulfonamides is 1. The van der Waals surface area contributed by atoms with Crippen molar-refractivity contribution in [2.45, 2.75) is 11.3 Å². The molecule has 20 heavy (non-hydrogen) atoms. The van der Waals surface area contributed by atoms with E-state index in [1.165, 1.54) is 25.3 Å². The summed E-state index contributed by atoms with van der Waals surface area (Å²) in [5.41, 5.74) is 5.83. The predicted octanol–water partition coefficient (Wildman–Crippen LogP) is 0.816. The second kappa shape index (κ2) is 6.98. The summed E-state index contributed by atoms with van der Waals surface area (Å²) in [6, 6.07) is 4.20. The Bertz CT molecular complexity index is 631. The van der Waals surface area contributed by atoms with Gasteiger partial charge in [0.05, 0.1) is 18.6 Å². The molecule has 0 unspecified atom stereocenters. The van der Waals surface area contributed by atoms with Crippen molar-refractivity contribution in [1.82, 2.24) is 4.72 Å². The Morgan fingerprint density at radius 3 is 2.70 bits per heavy atom. The number of rotatable bonds is 6. The Morgan fingerprint density at radius 1 is 1.50 bits per heavy atom. The third-order valence-corrected chi connectivity index (χ3v) is 4.53. The molecule has 0 heterocycles. The van der Waals surface area contributed by atoms with Crippen LogP contribution in [0.1, 0.15) is 12.0 Å². The number of carbonyl (C=O) groups excluding carboxylic acids is 1. The van der Waals surface area contributed by atoms with E-state index in [9.17, 15) is 13.2 Å². The van der Waals surface area contributed by atoms with Crippen LogP contribution in [0.4, 0.5) is 0 Å². The molecule has 0 aliphatic rings. The minimum Gasteiger partial charge on any atom is -0.469 e. The molecule has 110 valence electrons. The van der Waals surface area contributed by atoms with Crippen LogP contribution < -0.4 is 10.5 Å². The van der Waals surface area contributed by atoms with Crippen molar-refractivity contribution < 1.29 is 17.9 Å². The lowest BCUT2D eigenvalue weighted by molar-refractivity contribution is -0.140. The molecule has 6 nitrogen and oxygen atoms in total. The van der Waals surface area contributed by atoms with Gasteiger partial charge in [0, 0.05) is 12.1 Å². The van der Waals surface area contributed by atoms with Crippen molar-refractivity contribution in [1.29, 1.82) is 0 Å². The maximum atomic E-state index is 12.1. The Kier molecular flexibility index (Phi) is 5.88. The number of nitrogens with two attached hydrogens (primary N) is 1. The average molecular weight is 337 g/mol. The normalized spacial score (nSPS) is 11.1. The molecule has 1 rings (SSSR count). The number of methoxy groups -OCH3 is 1. The van der Waals surface area contributed by atoms with Crippen LogP contribution >= 0.6 is 23.8 Å². The average Bonchev–Trinajstić information content (AvgIpc) is 2.38. The summed E-state index contributed by atoms with van der Waals surface area (Å²) in [6.45, 7) is -0.0946. The predicted molar refractivity (Wildman–Crippen MR) is 79.2 cm³/mol. The maximum Gasteiger partial charge on any atom is 0.306 e. The van der Waals surface area contributed by atoms with E-state index in [-0.39, 0.29) is 27.9 Å². The number of hydrogen-bond donors (Lipinski definition) is 2. The quantitative estimate of drug-likeness (QED) is 0.589. The highest BCUT2D eigenvalue weighted by molar-refractivity contribution is 7.89. The summed E-state index contributed by atoms with van der Waals surface area (Å²) in [4.78, 5) is 10.8. The maximum absolute atomic E-state index is 12.1. The highest BCUT2D eigenvalue weighted by Crippen LogP contribution is 2.22. The minimum atomic E-state index is -3.86. The molecular weight excluding hydrogens is 324 g/mol. The van der Waals surface area contributed by atoms with Crippen LogP contribution in [0.3, 0.4) is 0 Å². The molecule has 0 atom stereocenters. The van der Waals surface area contributed by atoms with Gasteiger partial charge in [-0.3, -0.25) is 4.79 Å². The third kappa shape index (κ3) is 4.41. The van der Waals surface area contributed by atoms with Crippen LogP contribution in [0, 0.1) is 0 Å². The zero-order valence-corrected chi connectivity index (χ0v) is 12.9. The second-order valence-electron chi connectivity index (χ2n) is 3.73. The Morgan fingerprint density at radius 2 is 2.15 bits per heavy atom. The molecule has 1 aromatic carbocycles. The zero-order chi connectivity index (χ0) is 15.3. The van der Waals surface area contributed by atoms with Crippen molar-refractivity contribution in [2.75, 3.05) is 13.7 Å². The first-order valence-corrected chi connectivity index (χ1v) is 7.70. The van der Waals surface area contributed by atoms with E-state index in [1.807, 2.05) is 0 Å². The molecule has 0 radical (unpaired) electrons. The van der Waals surface area contributed by atoms with E-state index in [0.29, 0.717) is 5.56 Å². The van der Waals surface area contributed by atoms with Gasteiger partial charge in [0.25, 0.3) is 0 Å². The van der Waals surface area contributed by atoms with E-state index in [1.54, 1.807) is 0 Å². The van der Waals surface area contributed by atoms with Gasteiger partial charge >= 0.3 is 5.97 Å². The molecule has 9 heteroatoms. The standard InChI is InChI=1S/C11H13ClN2O4S2/c1-18-10(15)4-5-14-20(16,17)9-6-7(11(13)19)2-3-8(9)12/h2-3,6,14H,4-5H2,1H3,(H2,13,19). The fourth-order valence-electron chi connectivity index (χ4n) is 1.33. The highest BCUT2D eigenvalue weighted by Gasteiger charge is 2.19. The van der Waals surface area contributed by atoms with Crippen LogP contribution in [0.5, 0.6) is 0 Å². The Labute approximate surface area is 127 Å². The number of nitrogens with one attached hydrogen (secondary N) is 1. The van der Waals surface area contributed by atoms with Gasteiger partial charge in [-0.25, -0.2) is 13.1 Å².